The van der Waals surface area contributed by atoms with Gasteiger partial charge in [-0.15, -0.1) is 0 Å². The molecular formula is C21H26O12S. The number of aryl methyl sites for hydroxylation is 1. The monoisotopic (exact) mass is 502 g/mol. The number of esters is 4. The van der Waals surface area contributed by atoms with Gasteiger partial charge in [-0.3, -0.25) is 23.4 Å². The molecule has 0 radical (unpaired) electrons. The van der Waals surface area contributed by atoms with Crippen LogP contribution in [0.15, 0.2) is 29.2 Å². The minimum atomic E-state index is -4.26. The topological polar surface area (TPSA) is 158 Å². The lowest BCUT2D eigenvalue weighted by molar-refractivity contribution is -0.298. The summed E-state index contributed by atoms with van der Waals surface area (Å²) in [4.78, 5) is 46.6. The zero-order chi connectivity index (χ0) is 25.6. The van der Waals surface area contributed by atoms with Crippen LogP contribution in [0.3, 0.4) is 0 Å². The molecule has 0 saturated carbocycles. The highest BCUT2D eigenvalue weighted by molar-refractivity contribution is 7.86. The van der Waals surface area contributed by atoms with Gasteiger partial charge in [0.1, 0.15) is 6.10 Å². The number of carbonyl (C=O) groups is 4. The summed E-state index contributed by atoms with van der Waals surface area (Å²) in [5, 5.41) is 0. The highest BCUT2D eigenvalue weighted by Crippen LogP contribution is 2.30. The Morgan fingerprint density at radius 2 is 1.24 bits per heavy atom. The highest BCUT2D eigenvalue weighted by atomic mass is 32.2. The van der Waals surface area contributed by atoms with E-state index in [2.05, 4.69) is 0 Å². The third-order valence-electron chi connectivity index (χ3n) is 4.48. The van der Waals surface area contributed by atoms with Crippen molar-refractivity contribution in [1.29, 1.82) is 0 Å². The second kappa shape index (κ2) is 11.4. The van der Waals surface area contributed by atoms with E-state index in [1.165, 1.54) is 12.1 Å². The quantitative estimate of drug-likeness (QED) is 0.280. The first kappa shape index (κ1) is 27.2. The van der Waals surface area contributed by atoms with E-state index in [0.717, 1.165) is 33.3 Å². The van der Waals surface area contributed by atoms with Crippen LogP contribution in [-0.2, 0) is 57.2 Å². The Morgan fingerprint density at radius 1 is 0.765 bits per heavy atom. The van der Waals surface area contributed by atoms with Crippen LogP contribution >= 0.6 is 0 Å². The summed E-state index contributed by atoms with van der Waals surface area (Å²) < 4.78 is 56.6. The lowest BCUT2D eigenvalue weighted by Crippen LogP contribution is -2.63. The van der Waals surface area contributed by atoms with E-state index in [0.29, 0.717) is 0 Å². The SMILES string of the molecule is CC(=O)O[C@H]1O[C@H](COS(=O)(=O)c2ccc(C)cc2)[C@H](OC(C)=O)[C@@H](OC(C)=O)[C@H]1OC(C)=O. The van der Waals surface area contributed by atoms with Gasteiger partial charge in [0.2, 0.25) is 12.4 Å². The summed E-state index contributed by atoms with van der Waals surface area (Å²) in [6.45, 7) is 5.29. The average molecular weight is 502 g/mol. The standard InChI is InChI=1S/C21H26O12S/c1-11-6-8-16(9-7-11)34(26,27)28-10-17-18(29-12(2)22)19(30-13(3)23)20(31-14(4)24)21(33-17)32-15(5)25/h6-9,17-21H,10H2,1-5H3/t17-,18+,19-,20-,21+/m1/s1. The molecule has 1 fully saturated rings. The lowest BCUT2D eigenvalue weighted by Gasteiger charge is -2.43. The lowest BCUT2D eigenvalue weighted by atomic mass is 9.98. The second-order valence-electron chi connectivity index (χ2n) is 7.43. The molecule has 34 heavy (non-hydrogen) atoms. The van der Waals surface area contributed by atoms with Gasteiger partial charge in [0.25, 0.3) is 10.1 Å². The van der Waals surface area contributed by atoms with Gasteiger partial charge in [-0.1, -0.05) is 17.7 Å². The first-order chi connectivity index (χ1) is 15.8. The fourth-order valence-corrected chi connectivity index (χ4v) is 4.10. The molecule has 1 aromatic rings. The number of rotatable bonds is 8. The summed E-state index contributed by atoms with van der Waals surface area (Å²) in [5.74, 6) is -3.33. The number of benzene rings is 1. The second-order valence-corrected chi connectivity index (χ2v) is 9.04. The van der Waals surface area contributed by atoms with E-state index >= 15 is 0 Å². The van der Waals surface area contributed by atoms with Crippen LogP contribution < -0.4 is 0 Å². The minimum absolute atomic E-state index is 0.135. The average Bonchev–Trinajstić information content (AvgIpc) is 2.70. The van der Waals surface area contributed by atoms with Gasteiger partial charge in [-0.25, -0.2) is 0 Å². The Labute approximate surface area is 196 Å². The summed E-state index contributed by atoms with van der Waals surface area (Å²) in [5.41, 5.74) is 0.828. The van der Waals surface area contributed by atoms with Crippen LogP contribution in [0.4, 0.5) is 0 Å². The molecule has 2 rings (SSSR count). The van der Waals surface area contributed by atoms with Crippen LogP contribution in [0, 0.1) is 6.92 Å². The van der Waals surface area contributed by atoms with Crippen LogP contribution in [0.25, 0.3) is 0 Å². The molecule has 1 aliphatic heterocycles. The predicted molar refractivity (Wildman–Crippen MR) is 111 cm³/mol. The van der Waals surface area contributed by atoms with Gasteiger partial charge in [0.05, 0.1) is 11.5 Å². The summed E-state index contributed by atoms with van der Waals surface area (Å²) >= 11 is 0. The maximum absolute atomic E-state index is 12.6. The van der Waals surface area contributed by atoms with Crippen LogP contribution in [0.2, 0.25) is 0 Å². The molecule has 1 saturated heterocycles. The molecule has 12 nitrogen and oxygen atoms in total. The molecule has 1 aliphatic rings. The van der Waals surface area contributed by atoms with Crippen molar-refractivity contribution in [3.8, 4) is 0 Å². The Hall–Kier alpha value is -3.03. The van der Waals surface area contributed by atoms with Crippen LogP contribution in [0.5, 0.6) is 0 Å². The van der Waals surface area contributed by atoms with Crippen molar-refractivity contribution in [2.24, 2.45) is 0 Å². The van der Waals surface area contributed by atoms with Gasteiger partial charge in [0.15, 0.2) is 12.2 Å². The van der Waals surface area contributed by atoms with Crippen molar-refractivity contribution in [3.05, 3.63) is 29.8 Å². The van der Waals surface area contributed by atoms with Crippen LogP contribution in [-0.4, -0.2) is 69.6 Å². The molecular weight excluding hydrogens is 476 g/mol. The maximum atomic E-state index is 12.6. The summed E-state index contributed by atoms with van der Waals surface area (Å²) in [6.07, 6.45) is -7.50. The van der Waals surface area contributed by atoms with E-state index in [1.807, 2.05) is 0 Å². The Kier molecular flexibility index (Phi) is 9.13. The van der Waals surface area contributed by atoms with Crippen molar-refractivity contribution in [2.45, 2.75) is 70.2 Å². The normalized spacial score (nSPS) is 24.6. The largest absolute Gasteiger partial charge is 0.456 e. The summed E-state index contributed by atoms with van der Waals surface area (Å²) in [7, 11) is -4.26. The van der Waals surface area contributed by atoms with Crippen molar-refractivity contribution in [3.63, 3.8) is 0 Å². The van der Waals surface area contributed by atoms with Crippen molar-refractivity contribution in [2.75, 3.05) is 6.61 Å². The van der Waals surface area contributed by atoms with E-state index in [4.69, 9.17) is 27.9 Å². The van der Waals surface area contributed by atoms with E-state index in [-0.39, 0.29) is 4.90 Å². The first-order valence-corrected chi connectivity index (χ1v) is 11.5. The molecule has 0 bridgehead atoms. The molecule has 0 amide bonds. The molecule has 0 N–H and O–H groups in total. The number of hydrogen-bond donors (Lipinski definition) is 0. The van der Waals surface area contributed by atoms with Gasteiger partial charge >= 0.3 is 23.9 Å². The van der Waals surface area contributed by atoms with Gasteiger partial charge in [-0.2, -0.15) is 8.42 Å². The van der Waals surface area contributed by atoms with E-state index in [1.54, 1.807) is 19.1 Å². The number of carbonyl (C=O) groups excluding carboxylic acids is 4. The van der Waals surface area contributed by atoms with E-state index in [9.17, 15) is 27.6 Å². The van der Waals surface area contributed by atoms with Crippen LogP contribution in [0.1, 0.15) is 33.3 Å². The third-order valence-corrected chi connectivity index (χ3v) is 5.77. The van der Waals surface area contributed by atoms with Gasteiger partial charge in [-0.05, 0) is 19.1 Å². The molecule has 0 aromatic heterocycles. The van der Waals surface area contributed by atoms with Crippen molar-refractivity contribution in [1.82, 2.24) is 0 Å². The molecule has 1 heterocycles. The smallest absolute Gasteiger partial charge is 0.305 e. The molecule has 5 atom stereocenters. The van der Waals surface area contributed by atoms with Gasteiger partial charge in [0, 0.05) is 27.7 Å². The number of hydrogen-bond acceptors (Lipinski definition) is 12. The number of ether oxygens (including phenoxy) is 5. The van der Waals surface area contributed by atoms with Crippen molar-refractivity contribution < 1.29 is 55.5 Å². The maximum Gasteiger partial charge on any atom is 0.305 e. The Balaban J connectivity index is 2.40. The molecule has 0 spiro atoms. The minimum Gasteiger partial charge on any atom is -0.456 e. The summed E-state index contributed by atoms with van der Waals surface area (Å²) in [6, 6.07) is 5.84. The predicted octanol–water partition coefficient (Wildman–Crippen LogP) is 0.783. The molecule has 0 unspecified atom stereocenters. The first-order valence-electron chi connectivity index (χ1n) is 10.1. The van der Waals surface area contributed by atoms with Crippen molar-refractivity contribution >= 4 is 34.0 Å². The Bertz CT molecular complexity index is 1020. The Morgan fingerprint density at radius 3 is 1.74 bits per heavy atom. The highest BCUT2D eigenvalue weighted by Gasteiger charge is 2.53. The molecule has 188 valence electrons. The molecule has 13 heteroatoms. The zero-order valence-corrected chi connectivity index (χ0v) is 20.0. The van der Waals surface area contributed by atoms with Gasteiger partial charge < -0.3 is 23.7 Å². The van der Waals surface area contributed by atoms with E-state index < -0.39 is 71.3 Å². The molecule has 0 aliphatic carbocycles. The molecule has 1 aromatic carbocycles. The third kappa shape index (κ3) is 7.50. The fraction of sp³-hybridized carbons (Fsp3) is 0.524. The zero-order valence-electron chi connectivity index (χ0n) is 19.2. The fourth-order valence-electron chi connectivity index (χ4n) is 3.18.